The van der Waals surface area contributed by atoms with Gasteiger partial charge in [-0.25, -0.2) is 0 Å². The smallest absolute Gasteiger partial charge is 0.142 e. The topological polar surface area (TPSA) is 26.3 Å². The predicted octanol–water partition coefficient (Wildman–Crippen LogP) is 3.44. The molecule has 0 N–H and O–H groups in total. The van der Waals surface area contributed by atoms with Gasteiger partial charge < -0.3 is 0 Å². The molecule has 0 saturated carbocycles. The molecule has 1 aromatic carbocycles. The summed E-state index contributed by atoms with van der Waals surface area (Å²) in [6, 6.07) is 9.42. The predicted molar refractivity (Wildman–Crippen MR) is 54.7 cm³/mol. The standard InChI is InChI=1S/C10H12O2P/c1-3-12-13(11)9(2)10-7-5-4-6-8-10/h4-8H,2-3H2,1H3/q+1. The molecule has 68 valence electrons. The van der Waals surface area contributed by atoms with Gasteiger partial charge >= 0.3 is 8.03 Å². The van der Waals surface area contributed by atoms with Crippen LogP contribution in [0.25, 0.3) is 5.31 Å². The van der Waals surface area contributed by atoms with Gasteiger partial charge in [0.15, 0.2) is 0 Å². The molecule has 0 heterocycles. The highest BCUT2D eigenvalue weighted by Gasteiger charge is 2.23. The van der Waals surface area contributed by atoms with Crippen molar-refractivity contribution in [3.8, 4) is 0 Å². The number of hydrogen-bond acceptors (Lipinski definition) is 2. The van der Waals surface area contributed by atoms with Crippen LogP contribution in [0.15, 0.2) is 36.9 Å². The Kier molecular flexibility index (Phi) is 3.81. The highest BCUT2D eigenvalue weighted by molar-refractivity contribution is 7.51. The molecule has 1 unspecified atom stereocenters. The van der Waals surface area contributed by atoms with E-state index in [9.17, 15) is 4.57 Å². The monoisotopic (exact) mass is 195 g/mol. The van der Waals surface area contributed by atoms with Crippen molar-refractivity contribution in [1.82, 2.24) is 0 Å². The van der Waals surface area contributed by atoms with Crippen molar-refractivity contribution in [2.24, 2.45) is 0 Å². The average molecular weight is 195 g/mol. The van der Waals surface area contributed by atoms with Crippen LogP contribution in [0.2, 0.25) is 0 Å². The van der Waals surface area contributed by atoms with Crippen LogP contribution in [0.4, 0.5) is 0 Å². The highest BCUT2D eigenvalue weighted by atomic mass is 31.1. The fraction of sp³-hybridized carbons (Fsp3) is 0.200. The first-order valence-corrected chi connectivity index (χ1v) is 5.28. The lowest BCUT2D eigenvalue weighted by molar-refractivity contribution is 0.358. The SMILES string of the molecule is C=C(c1ccccc1)[P+](=O)OCC. The lowest BCUT2D eigenvalue weighted by Crippen LogP contribution is -1.81. The van der Waals surface area contributed by atoms with Gasteiger partial charge in [-0.05, 0) is 18.1 Å². The second-order valence-electron chi connectivity index (χ2n) is 2.49. The normalized spacial score (nSPS) is 11.0. The maximum atomic E-state index is 11.4. The first-order valence-electron chi connectivity index (χ1n) is 4.10. The molecule has 3 heteroatoms. The Hall–Kier alpha value is -0.980. The van der Waals surface area contributed by atoms with Crippen molar-refractivity contribution in [3.05, 3.63) is 42.5 Å². The van der Waals surface area contributed by atoms with E-state index in [-0.39, 0.29) is 0 Å². The largest absolute Gasteiger partial charge is 0.548 e. The summed E-state index contributed by atoms with van der Waals surface area (Å²) in [5, 5.41) is 0.553. The van der Waals surface area contributed by atoms with Crippen molar-refractivity contribution in [1.29, 1.82) is 0 Å². The summed E-state index contributed by atoms with van der Waals surface area (Å²) in [4.78, 5) is 0. The van der Waals surface area contributed by atoms with Gasteiger partial charge in [0.1, 0.15) is 6.61 Å². The van der Waals surface area contributed by atoms with Crippen LogP contribution in [0.5, 0.6) is 0 Å². The van der Waals surface area contributed by atoms with Crippen molar-refractivity contribution >= 4 is 13.3 Å². The molecule has 0 amide bonds. The van der Waals surface area contributed by atoms with E-state index in [2.05, 4.69) is 6.58 Å². The van der Waals surface area contributed by atoms with E-state index in [1.807, 2.05) is 37.3 Å². The van der Waals surface area contributed by atoms with Gasteiger partial charge in [0.2, 0.25) is 5.31 Å². The van der Waals surface area contributed by atoms with Gasteiger partial charge in [0, 0.05) is 5.56 Å². The molecule has 0 aliphatic heterocycles. The van der Waals surface area contributed by atoms with E-state index >= 15 is 0 Å². The van der Waals surface area contributed by atoms with E-state index in [1.54, 1.807) is 0 Å². The third-order valence-electron chi connectivity index (χ3n) is 1.57. The molecule has 0 aliphatic rings. The Balaban J connectivity index is 2.74. The second-order valence-corrected chi connectivity index (χ2v) is 3.80. The maximum absolute atomic E-state index is 11.4. The Morgan fingerprint density at radius 3 is 2.62 bits per heavy atom. The van der Waals surface area contributed by atoms with Gasteiger partial charge in [-0.2, -0.15) is 0 Å². The first-order chi connectivity index (χ1) is 6.25. The van der Waals surface area contributed by atoms with Crippen molar-refractivity contribution < 1.29 is 9.09 Å². The quantitative estimate of drug-likeness (QED) is 0.688. The van der Waals surface area contributed by atoms with Crippen LogP contribution in [-0.2, 0) is 9.09 Å². The Bertz CT molecular complexity index is 306. The van der Waals surface area contributed by atoms with Crippen LogP contribution in [0.1, 0.15) is 12.5 Å². The Morgan fingerprint density at radius 1 is 1.46 bits per heavy atom. The van der Waals surface area contributed by atoms with Gasteiger partial charge in [0.05, 0.1) is 0 Å². The molecule has 1 atom stereocenters. The second kappa shape index (κ2) is 4.90. The lowest BCUT2D eigenvalue weighted by atomic mass is 10.2. The van der Waals surface area contributed by atoms with Gasteiger partial charge in [-0.15, -0.1) is 4.52 Å². The molecule has 0 radical (unpaired) electrons. The number of benzene rings is 1. The summed E-state index contributed by atoms with van der Waals surface area (Å²) in [6.45, 7) is 5.99. The molecule has 0 saturated heterocycles. The van der Waals surface area contributed by atoms with E-state index in [0.717, 1.165) is 5.56 Å². The fourth-order valence-electron chi connectivity index (χ4n) is 0.931. The van der Waals surface area contributed by atoms with E-state index in [1.165, 1.54) is 0 Å². The molecule has 1 rings (SSSR count). The van der Waals surface area contributed by atoms with Crippen LogP contribution >= 0.6 is 8.03 Å². The summed E-state index contributed by atoms with van der Waals surface area (Å²) in [5.74, 6) is 0. The zero-order chi connectivity index (χ0) is 9.68. The molecule has 13 heavy (non-hydrogen) atoms. The number of hydrogen-bond donors (Lipinski definition) is 0. The van der Waals surface area contributed by atoms with E-state index < -0.39 is 8.03 Å². The van der Waals surface area contributed by atoms with Crippen LogP contribution in [0.3, 0.4) is 0 Å². The average Bonchev–Trinajstić information content (AvgIpc) is 2.18. The van der Waals surface area contributed by atoms with Crippen LogP contribution in [0, 0.1) is 0 Å². The molecule has 0 aromatic heterocycles. The lowest BCUT2D eigenvalue weighted by Gasteiger charge is -1.92. The highest BCUT2D eigenvalue weighted by Crippen LogP contribution is 2.39. The summed E-state index contributed by atoms with van der Waals surface area (Å²) in [5.41, 5.74) is 0.872. The van der Waals surface area contributed by atoms with E-state index in [0.29, 0.717) is 11.9 Å². The van der Waals surface area contributed by atoms with Gasteiger partial charge in [0.25, 0.3) is 0 Å². The third-order valence-corrected chi connectivity index (χ3v) is 2.77. The number of rotatable bonds is 4. The summed E-state index contributed by atoms with van der Waals surface area (Å²) >= 11 is 0. The van der Waals surface area contributed by atoms with Gasteiger partial charge in [-0.3, -0.25) is 0 Å². The summed E-state index contributed by atoms with van der Waals surface area (Å²) < 4.78 is 16.3. The minimum absolute atomic E-state index is 0.445. The van der Waals surface area contributed by atoms with Crippen molar-refractivity contribution in [3.63, 3.8) is 0 Å². The molecule has 2 nitrogen and oxygen atoms in total. The molecular formula is C10H12O2P+. The Labute approximate surface area is 79.1 Å². The minimum atomic E-state index is -1.76. The summed E-state index contributed by atoms with van der Waals surface area (Å²) in [7, 11) is -1.76. The van der Waals surface area contributed by atoms with Crippen molar-refractivity contribution in [2.45, 2.75) is 6.92 Å². The maximum Gasteiger partial charge on any atom is 0.548 e. The molecule has 0 fully saturated rings. The Morgan fingerprint density at radius 2 is 2.08 bits per heavy atom. The zero-order valence-corrected chi connectivity index (χ0v) is 8.46. The van der Waals surface area contributed by atoms with Crippen molar-refractivity contribution in [2.75, 3.05) is 6.61 Å². The van der Waals surface area contributed by atoms with Gasteiger partial charge in [-0.1, -0.05) is 30.3 Å². The summed E-state index contributed by atoms with van der Waals surface area (Å²) in [6.07, 6.45) is 0. The first kappa shape index (κ1) is 10.1. The zero-order valence-electron chi connectivity index (χ0n) is 7.56. The molecular weight excluding hydrogens is 183 g/mol. The van der Waals surface area contributed by atoms with E-state index in [4.69, 9.17) is 4.52 Å². The van der Waals surface area contributed by atoms with Crippen LogP contribution in [-0.4, -0.2) is 6.61 Å². The molecule has 0 bridgehead atoms. The van der Waals surface area contributed by atoms with Crippen LogP contribution < -0.4 is 0 Å². The minimum Gasteiger partial charge on any atom is -0.142 e. The fourth-order valence-corrected chi connectivity index (χ4v) is 1.68. The molecule has 0 aliphatic carbocycles. The molecule has 1 aromatic rings. The third kappa shape index (κ3) is 2.76. The molecule has 0 spiro atoms.